The molecule has 0 fully saturated rings. The van der Waals surface area contributed by atoms with Crippen LogP contribution in [0.25, 0.3) is 0 Å². The van der Waals surface area contributed by atoms with E-state index >= 15 is 0 Å². The van der Waals surface area contributed by atoms with E-state index in [0.29, 0.717) is 6.61 Å². The summed E-state index contributed by atoms with van der Waals surface area (Å²) in [5.74, 6) is 0.138. The Labute approximate surface area is 99.8 Å². The van der Waals surface area contributed by atoms with Crippen molar-refractivity contribution in [3.8, 4) is 0 Å². The Morgan fingerprint density at radius 2 is 1.82 bits per heavy atom. The van der Waals surface area contributed by atoms with E-state index in [-0.39, 0.29) is 5.92 Å². The predicted molar refractivity (Wildman–Crippen MR) is 65.9 cm³/mol. The van der Waals surface area contributed by atoms with Crippen LogP contribution in [-0.2, 0) is 4.84 Å². The van der Waals surface area contributed by atoms with Crippen molar-refractivity contribution in [1.82, 2.24) is 4.98 Å². The molecular formula is C14H12N2O. The molecule has 17 heavy (non-hydrogen) atoms. The summed E-state index contributed by atoms with van der Waals surface area (Å²) in [5, 5.41) is 4.14. The topological polar surface area (TPSA) is 34.5 Å². The first-order chi connectivity index (χ1) is 8.45. The van der Waals surface area contributed by atoms with E-state index in [4.69, 9.17) is 4.84 Å². The summed E-state index contributed by atoms with van der Waals surface area (Å²) in [6, 6.07) is 16.0. The van der Waals surface area contributed by atoms with Gasteiger partial charge in [0.05, 0.1) is 17.3 Å². The summed E-state index contributed by atoms with van der Waals surface area (Å²) in [4.78, 5) is 9.60. The van der Waals surface area contributed by atoms with E-state index in [1.165, 1.54) is 0 Å². The third-order valence-electron chi connectivity index (χ3n) is 2.85. The smallest absolute Gasteiger partial charge is 0.131 e. The molecule has 0 saturated carbocycles. The Bertz CT molecular complexity index is 522. The molecular weight excluding hydrogens is 212 g/mol. The number of hydrogen-bond acceptors (Lipinski definition) is 3. The molecule has 0 saturated heterocycles. The molecule has 1 aromatic carbocycles. The maximum absolute atomic E-state index is 5.23. The van der Waals surface area contributed by atoms with E-state index in [0.717, 1.165) is 17.0 Å². The van der Waals surface area contributed by atoms with Gasteiger partial charge in [0, 0.05) is 11.8 Å². The highest BCUT2D eigenvalue weighted by atomic mass is 16.6. The fourth-order valence-electron chi connectivity index (χ4n) is 1.99. The predicted octanol–water partition coefficient (Wildman–Crippen LogP) is 2.60. The fraction of sp³-hybridized carbons (Fsp3) is 0.143. The number of hydrogen-bond donors (Lipinski definition) is 0. The molecule has 84 valence electrons. The quantitative estimate of drug-likeness (QED) is 0.785. The summed E-state index contributed by atoms with van der Waals surface area (Å²) in [6.45, 7) is 0.571. The zero-order valence-corrected chi connectivity index (χ0v) is 9.28. The third-order valence-corrected chi connectivity index (χ3v) is 2.85. The summed E-state index contributed by atoms with van der Waals surface area (Å²) in [6.07, 6.45) is 1.80. The van der Waals surface area contributed by atoms with Crippen LogP contribution >= 0.6 is 0 Å². The van der Waals surface area contributed by atoms with Crippen LogP contribution in [0.4, 0.5) is 0 Å². The average Bonchev–Trinajstić information content (AvgIpc) is 2.90. The lowest BCUT2D eigenvalue weighted by Crippen LogP contribution is -2.13. The van der Waals surface area contributed by atoms with Crippen molar-refractivity contribution in [2.45, 2.75) is 5.92 Å². The monoisotopic (exact) mass is 224 g/mol. The van der Waals surface area contributed by atoms with Crippen molar-refractivity contribution >= 4 is 5.71 Å². The number of oxime groups is 1. The maximum Gasteiger partial charge on any atom is 0.131 e. The van der Waals surface area contributed by atoms with Gasteiger partial charge in [-0.1, -0.05) is 41.6 Å². The Morgan fingerprint density at radius 1 is 1.00 bits per heavy atom. The van der Waals surface area contributed by atoms with Crippen LogP contribution < -0.4 is 0 Å². The number of nitrogens with zero attached hydrogens (tertiary/aromatic N) is 2. The van der Waals surface area contributed by atoms with Crippen LogP contribution in [0.2, 0.25) is 0 Å². The molecule has 3 rings (SSSR count). The highest BCUT2D eigenvalue weighted by Gasteiger charge is 2.27. The lowest BCUT2D eigenvalue weighted by molar-refractivity contribution is 0.166. The van der Waals surface area contributed by atoms with E-state index in [9.17, 15) is 0 Å². The maximum atomic E-state index is 5.23. The minimum Gasteiger partial charge on any atom is -0.394 e. The number of aromatic nitrogens is 1. The van der Waals surface area contributed by atoms with Gasteiger partial charge in [-0.2, -0.15) is 0 Å². The molecule has 1 aromatic heterocycles. The van der Waals surface area contributed by atoms with Gasteiger partial charge in [0.2, 0.25) is 0 Å². The molecule has 0 aliphatic carbocycles. The number of benzene rings is 1. The van der Waals surface area contributed by atoms with Crippen LogP contribution in [0, 0.1) is 0 Å². The summed E-state index contributed by atoms with van der Waals surface area (Å²) >= 11 is 0. The molecule has 2 aromatic rings. The van der Waals surface area contributed by atoms with Crippen molar-refractivity contribution in [3.63, 3.8) is 0 Å². The second kappa shape index (κ2) is 4.37. The molecule has 2 heterocycles. The fourth-order valence-corrected chi connectivity index (χ4v) is 1.99. The van der Waals surface area contributed by atoms with E-state index < -0.39 is 0 Å². The number of rotatable bonds is 2. The van der Waals surface area contributed by atoms with Gasteiger partial charge in [-0.3, -0.25) is 4.98 Å². The van der Waals surface area contributed by atoms with E-state index in [2.05, 4.69) is 10.1 Å². The van der Waals surface area contributed by atoms with Crippen LogP contribution in [0.15, 0.2) is 59.9 Å². The Balaban J connectivity index is 1.96. The molecule has 0 amide bonds. The van der Waals surface area contributed by atoms with Gasteiger partial charge < -0.3 is 4.84 Å². The lowest BCUT2D eigenvalue weighted by Gasteiger charge is -2.09. The highest BCUT2D eigenvalue weighted by Crippen LogP contribution is 2.25. The lowest BCUT2D eigenvalue weighted by atomic mass is 9.95. The summed E-state index contributed by atoms with van der Waals surface area (Å²) in [7, 11) is 0. The number of pyridine rings is 1. The molecule has 0 spiro atoms. The van der Waals surface area contributed by atoms with Crippen LogP contribution in [0.1, 0.15) is 17.2 Å². The zero-order valence-electron chi connectivity index (χ0n) is 9.28. The largest absolute Gasteiger partial charge is 0.394 e. The third kappa shape index (κ3) is 1.91. The molecule has 0 N–H and O–H groups in total. The van der Waals surface area contributed by atoms with Crippen molar-refractivity contribution < 1.29 is 4.84 Å². The van der Waals surface area contributed by atoms with E-state index in [1.807, 2.05) is 48.5 Å². The minimum atomic E-state index is 0.138. The zero-order chi connectivity index (χ0) is 11.5. The van der Waals surface area contributed by atoms with Crippen LogP contribution in [0.3, 0.4) is 0 Å². The summed E-state index contributed by atoms with van der Waals surface area (Å²) in [5.41, 5.74) is 3.07. The van der Waals surface area contributed by atoms with E-state index in [1.54, 1.807) is 6.20 Å². The van der Waals surface area contributed by atoms with Gasteiger partial charge >= 0.3 is 0 Å². The molecule has 3 heteroatoms. The van der Waals surface area contributed by atoms with Crippen LogP contribution in [-0.4, -0.2) is 17.3 Å². The Morgan fingerprint density at radius 3 is 2.59 bits per heavy atom. The first-order valence-electron chi connectivity index (χ1n) is 5.61. The standard InChI is InChI=1S/C14H12N2O/c1-2-6-11(7-3-1)14-12(10-17-16-14)13-8-4-5-9-15-13/h1-9,12H,10H2. The van der Waals surface area contributed by atoms with Gasteiger partial charge in [0.1, 0.15) is 6.61 Å². The summed E-state index contributed by atoms with van der Waals surface area (Å²) < 4.78 is 0. The first-order valence-corrected chi connectivity index (χ1v) is 5.61. The van der Waals surface area contributed by atoms with Gasteiger partial charge in [-0.25, -0.2) is 0 Å². The second-order valence-electron chi connectivity index (χ2n) is 3.95. The van der Waals surface area contributed by atoms with Gasteiger partial charge in [-0.15, -0.1) is 0 Å². The SMILES string of the molecule is c1ccc(C2=NOCC2c2ccccn2)cc1. The van der Waals surface area contributed by atoms with Crippen molar-refractivity contribution in [1.29, 1.82) is 0 Å². The van der Waals surface area contributed by atoms with Crippen molar-refractivity contribution in [2.24, 2.45) is 5.16 Å². The molecule has 1 unspecified atom stereocenters. The van der Waals surface area contributed by atoms with Crippen molar-refractivity contribution in [2.75, 3.05) is 6.61 Å². The Kier molecular flexibility index (Phi) is 2.58. The molecule has 1 aliphatic heterocycles. The van der Waals surface area contributed by atoms with Crippen molar-refractivity contribution in [3.05, 3.63) is 66.0 Å². The van der Waals surface area contributed by atoms with Crippen LogP contribution in [0.5, 0.6) is 0 Å². The molecule has 3 nitrogen and oxygen atoms in total. The molecule has 0 radical (unpaired) electrons. The van der Waals surface area contributed by atoms with Gasteiger partial charge in [0.25, 0.3) is 0 Å². The molecule has 1 aliphatic rings. The highest BCUT2D eigenvalue weighted by molar-refractivity contribution is 6.05. The second-order valence-corrected chi connectivity index (χ2v) is 3.95. The Hall–Kier alpha value is -2.16. The average molecular weight is 224 g/mol. The van der Waals surface area contributed by atoms with Gasteiger partial charge in [-0.05, 0) is 12.1 Å². The normalized spacial score (nSPS) is 18.6. The molecule has 0 bridgehead atoms. The first kappa shape index (κ1) is 10.0. The molecule has 1 atom stereocenters. The van der Waals surface area contributed by atoms with Gasteiger partial charge in [0.15, 0.2) is 0 Å². The minimum absolute atomic E-state index is 0.138.